The number of nitrogens with one attached hydrogen (secondary N) is 1. The summed E-state index contributed by atoms with van der Waals surface area (Å²) in [5.41, 5.74) is 5.46. The van der Waals surface area contributed by atoms with Crippen LogP contribution in [0.5, 0.6) is 0 Å². The number of nitrogens with two attached hydrogens (primary N) is 1. The van der Waals surface area contributed by atoms with Crippen molar-refractivity contribution in [2.24, 2.45) is 5.73 Å². The van der Waals surface area contributed by atoms with Crippen LogP contribution in [0.2, 0.25) is 0 Å². The van der Waals surface area contributed by atoms with Gasteiger partial charge in [-0.3, -0.25) is 9.59 Å². The highest BCUT2D eigenvalue weighted by Crippen LogP contribution is 2.13. The van der Waals surface area contributed by atoms with Gasteiger partial charge in [0.15, 0.2) is 0 Å². The maximum absolute atomic E-state index is 11.8. The maximum Gasteiger partial charge on any atom is 0.320 e. The zero-order valence-corrected chi connectivity index (χ0v) is 23.0. The summed E-state index contributed by atoms with van der Waals surface area (Å²) in [6.07, 6.45) is 32.4. The van der Waals surface area contributed by atoms with E-state index in [2.05, 4.69) is 24.4 Å². The van der Waals surface area contributed by atoms with E-state index in [1.54, 1.807) is 0 Å². The summed E-state index contributed by atoms with van der Waals surface area (Å²) in [5.74, 6) is -0.845. The molecule has 206 valence electrons. The lowest BCUT2D eigenvalue weighted by atomic mass is 10.0. The van der Waals surface area contributed by atoms with Gasteiger partial charge in [-0.05, 0) is 51.4 Å². The molecule has 5 nitrogen and oxygen atoms in total. The molecule has 5 heteroatoms. The highest BCUT2D eigenvalue weighted by atomic mass is 16.4. The summed E-state index contributed by atoms with van der Waals surface area (Å²) in [6.45, 7) is 2.89. The second kappa shape index (κ2) is 27.2. The van der Waals surface area contributed by atoms with Crippen LogP contribution in [-0.4, -0.2) is 29.6 Å². The fourth-order valence-electron chi connectivity index (χ4n) is 4.35. The van der Waals surface area contributed by atoms with E-state index < -0.39 is 12.0 Å². The van der Waals surface area contributed by atoms with Crippen LogP contribution in [-0.2, 0) is 9.59 Å². The Morgan fingerprint density at radius 3 is 1.63 bits per heavy atom. The largest absolute Gasteiger partial charge is 0.480 e. The normalized spacial score (nSPS) is 12.3. The Morgan fingerprint density at radius 2 is 1.14 bits per heavy atom. The Morgan fingerprint density at radius 1 is 0.686 bits per heavy atom. The van der Waals surface area contributed by atoms with Crippen molar-refractivity contribution < 1.29 is 14.7 Å². The Kier molecular flexibility index (Phi) is 26.2. The zero-order chi connectivity index (χ0) is 25.8. The molecule has 0 aromatic rings. The molecule has 0 spiro atoms. The third-order valence-corrected chi connectivity index (χ3v) is 6.75. The summed E-state index contributed by atoms with van der Waals surface area (Å²) in [5, 5.41) is 11.6. The molecule has 1 amide bonds. The summed E-state index contributed by atoms with van der Waals surface area (Å²) in [4.78, 5) is 22.4. The van der Waals surface area contributed by atoms with Gasteiger partial charge in [0, 0.05) is 13.0 Å². The number of carbonyl (C=O) groups excluding carboxylic acids is 1. The van der Waals surface area contributed by atoms with Gasteiger partial charge in [0.1, 0.15) is 6.04 Å². The quantitative estimate of drug-likeness (QED) is 0.0795. The maximum atomic E-state index is 11.8. The molecule has 0 bridgehead atoms. The summed E-state index contributed by atoms with van der Waals surface area (Å²) < 4.78 is 0. The van der Waals surface area contributed by atoms with E-state index in [1.165, 1.54) is 109 Å². The third-order valence-electron chi connectivity index (χ3n) is 6.75. The number of rotatable bonds is 27. The monoisotopic (exact) mass is 494 g/mol. The summed E-state index contributed by atoms with van der Waals surface area (Å²) in [7, 11) is 0. The summed E-state index contributed by atoms with van der Waals surface area (Å²) in [6, 6.07) is -0.789. The fraction of sp³-hybridized carbons (Fsp3) is 0.867. The van der Waals surface area contributed by atoms with E-state index in [0.29, 0.717) is 19.4 Å². The zero-order valence-electron chi connectivity index (χ0n) is 23.0. The molecule has 0 aromatic carbocycles. The molecule has 1 atom stereocenters. The van der Waals surface area contributed by atoms with Crippen molar-refractivity contribution in [1.82, 2.24) is 5.32 Å². The van der Waals surface area contributed by atoms with Crippen molar-refractivity contribution in [3.8, 4) is 0 Å². The lowest BCUT2D eigenvalue weighted by Gasteiger charge is -2.07. The van der Waals surface area contributed by atoms with E-state index in [9.17, 15) is 9.59 Å². The van der Waals surface area contributed by atoms with Gasteiger partial charge in [-0.15, -0.1) is 0 Å². The lowest BCUT2D eigenvalue weighted by molar-refractivity contribution is -0.138. The molecule has 0 heterocycles. The number of unbranched alkanes of at least 4 members (excludes halogenated alkanes) is 18. The van der Waals surface area contributed by atoms with E-state index in [-0.39, 0.29) is 5.91 Å². The highest BCUT2D eigenvalue weighted by Gasteiger charge is 2.10. The van der Waals surface area contributed by atoms with Gasteiger partial charge >= 0.3 is 5.97 Å². The van der Waals surface area contributed by atoms with Crippen LogP contribution in [0, 0.1) is 0 Å². The van der Waals surface area contributed by atoms with E-state index in [1.807, 2.05) is 0 Å². The highest BCUT2D eigenvalue weighted by molar-refractivity contribution is 5.75. The number of hydrogen-bond donors (Lipinski definition) is 3. The molecule has 0 aliphatic heterocycles. The van der Waals surface area contributed by atoms with Gasteiger partial charge in [0.2, 0.25) is 5.91 Å². The first-order valence-electron chi connectivity index (χ1n) is 15.0. The van der Waals surface area contributed by atoms with E-state index >= 15 is 0 Å². The minimum absolute atomic E-state index is 0.112. The smallest absolute Gasteiger partial charge is 0.320 e. The molecule has 0 saturated heterocycles. The molecule has 4 N–H and O–H groups in total. The second-order valence-electron chi connectivity index (χ2n) is 10.2. The molecule has 0 fully saturated rings. The van der Waals surface area contributed by atoms with Crippen LogP contribution in [0.25, 0.3) is 0 Å². The Balaban J connectivity index is 3.22. The number of allylic oxidation sites excluding steroid dienone is 2. The van der Waals surface area contributed by atoms with Crippen molar-refractivity contribution >= 4 is 11.9 Å². The minimum atomic E-state index is -0.957. The van der Waals surface area contributed by atoms with Crippen molar-refractivity contribution in [2.45, 2.75) is 161 Å². The van der Waals surface area contributed by atoms with Gasteiger partial charge in [-0.25, -0.2) is 0 Å². The number of hydrogen-bond acceptors (Lipinski definition) is 3. The average molecular weight is 495 g/mol. The van der Waals surface area contributed by atoms with Crippen molar-refractivity contribution in [3.63, 3.8) is 0 Å². The van der Waals surface area contributed by atoms with Gasteiger partial charge < -0.3 is 16.2 Å². The van der Waals surface area contributed by atoms with Gasteiger partial charge in [0.05, 0.1) is 0 Å². The molecule has 0 radical (unpaired) electrons. The SMILES string of the molecule is CCCCCCCC/C=C\CCCCCCCCCCCCCC(=O)NCCCC[C@H](N)C(=O)O. The molecule has 35 heavy (non-hydrogen) atoms. The Labute approximate surface area is 217 Å². The third kappa shape index (κ3) is 27.1. The lowest BCUT2D eigenvalue weighted by Crippen LogP contribution is -2.30. The van der Waals surface area contributed by atoms with Crippen LogP contribution < -0.4 is 11.1 Å². The van der Waals surface area contributed by atoms with Crippen LogP contribution in [0.1, 0.15) is 155 Å². The van der Waals surface area contributed by atoms with Gasteiger partial charge in [-0.2, -0.15) is 0 Å². The number of aliphatic carboxylic acids is 1. The van der Waals surface area contributed by atoms with Crippen LogP contribution in [0.15, 0.2) is 12.2 Å². The molecule has 0 aliphatic rings. The first kappa shape index (κ1) is 33.6. The number of amides is 1. The van der Waals surface area contributed by atoms with Gasteiger partial charge in [-0.1, -0.05) is 109 Å². The number of carboxylic acids is 1. The number of carbonyl (C=O) groups is 2. The molecular weight excluding hydrogens is 436 g/mol. The van der Waals surface area contributed by atoms with Crippen LogP contribution >= 0.6 is 0 Å². The fourth-order valence-corrected chi connectivity index (χ4v) is 4.35. The van der Waals surface area contributed by atoms with Crippen LogP contribution in [0.4, 0.5) is 0 Å². The average Bonchev–Trinajstić information content (AvgIpc) is 2.84. The minimum Gasteiger partial charge on any atom is -0.480 e. The van der Waals surface area contributed by atoms with Crippen molar-refractivity contribution in [3.05, 3.63) is 12.2 Å². The van der Waals surface area contributed by atoms with Crippen LogP contribution in [0.3, 0.4) is 0 Å². The second-order valence-corrected chi connectivity index (χ2v) is 10.2. The molecule has 0 aliphatic carbocycles. The van der Waals surface area contributed by atoms with E-state index in [4.69, 9.17) is 10.8 Å². The van der Waals surface area contributed by atoms with Crippen molar-refractivity contribution in [1.29, 1.82) is 0 Å². The van der Waals surface area contributed by atoms with Crippen molar-refractivity contribution in [2.75, 3.05) is 6.54 Å². The first-order valence-corrected chi connectivity index (χ1v) is 15.0. The Hall–Kier alpha value is -1.36. The molecule has 0 aromatic heterocycles. The molecule has 0 unspecified atom stereocenters. The number of carboxylic acid groups (broad SMARTS) is 1. The van der Waals surface area contributed by atoms with Gasteiger partial charge in [0.25, 0.3) is 0 Å². The topological polar surface area (TPSA) is 92.4 Å². The molecular formula is C30H58N2O3. The Bertz CT molecular complexity index is 508. The first-order chi connectivity index (χ1) is 17.1. The molecule has 0 rings (SSSR count). The van der Waals surface area contributed by atoms with E-state index in [0.717, 1.165) is 25.7 Å². The summed E-state index contributed by atoms with van der Waals surface area (Å²) >= 11 is 0. The molecule has 0 saturated carbocycles. The standard InChI is InChI=1S/C30H58N2O3/c1-2-3-4-5-6-7-8-9-10-11-12-13-14-15-16-17-18-19-20-21-22-26-29(33)32-27-24-23-25-28(31)30(34)35/h9-10,28H,2-8,11-27,31H2,1H3,(H,32,33)(H,34,35)/b10-9-/t28-/m0/s1. The predicted molar refractivity (Wildman–Crippen MR) is 150 cm³/mol. The predicted octanol–water partition coefficient (Wildman–Crippen LogP) is 8.06.